The molecule has 0 aliphatic heterocycles. The predicted octanol–water partition coefficient (Wildman–Crippen LogP) is 0.515. The number of aromatic nitrogens is 1. The van der Waals surface area contributed by atoms with Gasteiger partial charge in [-0.1, -0.05) is 11.8 Å². The average Bonchev–Trinajstić information content (AvgIpc) is 2.47. The second-order valence-electron chi connectivity index (χ2n) is 4.07. The minimum absolute atomic E-state index is 0.0109. The standard InChI is InChI=1S/C14H16F2N2O3/c15-13(16)10-18(6-8-20)14(21)12-5-4-11(9-17-12)3-1-2-7-19/h4-5,9,13,19-20H,2,6-8,10H2. The third-order valence-corrected chi connectivity index (χ3v) is 2.47. The van der Waals surface area contributed by atoms with Gasteiger partial charge in [-0.15, -0.1) is 0 Å². The van der Waals surface area contributed by atoms with Crippen LogP contribution in [-0.2, 0) is 0 Å². The maximum atomic E-state index is 12.4. The van der Waals surface area contributed by atoms with Crippen LogP contribution in [-0.4, -0.2) is 58.7 Å². The summed E-state index contributed by atoms with van der Waals surface area (Å²) in [5.41, 5.74) is 0.569. The SMILES string of the molecule is O=C(c1ccc(C#CCCO)cn1)N(CCO)CC(F)F. The molecule has 7 heteroatoms. The molecule has 0 radical (unpaired) electrons. The van der Waals surface area contributed by atoms with Gasteiger partial charge >= 0.3 is 0 Å². The average molecular weight is 298 g/mol. The minimum Gasteiger partial charge on any atom is -0.395 e. The molecule has 0 aliphatic carbocycles. The van der Waals surface area contributed by atoms with E-state index in [4.69, 9.17) is 10.2 Å². The Kier molecular flexibility index (Phi) is 7.29. The van der Waals surface area contributed by atoms with Crippen LogP contribution >= 0.6 is 0 Å². The summed E-state index contributed by atoms with van der Waals surface area (Å²) in [6.07, 6.45) is -0.986. The van der Waals surface area contributed by atoms with Crippen LogP contribution in [0.4, 0.5) is 8.78 Å². The first-order chi connectivity index (χ1) is 10.1. The largest absolute Gasteiger partial charge is 0.395 e. The number of halogens is 2. The molecule has 0 aliphatic rings. The summed E-state index contributed by atoms with van der Waals surface area (Å²) in [7, 11) is 0. The van der Waals surface area contributed by atoms with Gasteiger partial charge in [-0.05, 0) is 12.1 Å². The number of carbonyl (C=O) groups excluding carboxylic acids is 1. The number of pyridine rings is 1. The first-order valence-corrected chi connectivity index (χ1v) is 6.32. The molecule has 0 fully saturated rings. The summed E-state index contributed by atoms with van der Waals surface area (Å²) in [5, 5.41) is 17.4. The van der Waals surface area contributed by atoms with E-state index in [-0.39, 0.29) is 18.8 Å². The van der Waals surface area contributed by atoms with Crippen LogP contribution in [0.25, 0.3) is 0 Å². The molecule has 0 saturated heterocycles. The molecule has 5 nitrogen and oxygen atoms in total. The van der Waals surface area contributed by atoms with Gasteiger partial charge in [-0.2, -0.15) is 0 Å². The molecule has 21 heavy (non-hydrogen) atoms. The van der Waals surface area contributed by atoms with E-state index in [2.05, 4.69) is 16.8 Å². The molecule has 0 unspecified atom stereocenters. The van der Waals surface area contributed by atoms with Gasteiger partial charge < -0.3 is 15.1 Å². The molecule has 0 atom stereocenters. The number of aliphatic hydroxyl groups is 2. The highest BCUT2D eigenvalue weighted by Crippen LogP contribution is 2.06. The van der Waals surface area contributed by atoms with Gasteiger partial charge in [0.25, 0.3) is 12.3 Å². The van der Waals surface area contributed by atoms with Gasteiger partial charge in [0.15, 0.2) is 0 Å². The molecule has 0 bridgehead atoms. The van der Waals surface area contributed by atoms with Crippen LogP contribution in [0.15, 0.2) is 18.3 Å². The van der Waals surface area contributed by atoms with Crippen molar-refractivity contribution >= 4 is 5.91 Å². The Morgan fingerprint density at radius 3 is 2.62 bits per heavy atom. The molecule has 1 amide bonds. The zero-order chi connectivity index (χ0) is 15.7. The van der Waals surface area contributed by atoms with E-state index >= 15 is 0 Å². The van der Waals surface area contributed by atoms with Crippen LogP contribution in [0, 0.1) is 11.8 Å². The molecule has 1 aromatic heterocycles. The van der Waals surface area contributed by atoms with Crippen LogP contribution in [0.2, 0.25) is 0 Å². The number of carbonyl (C=O) groups is 1. The normalized spacial score (nSPS) is 10.1. The number of hydrogen-bond acceptors (Lipinski definition) is 4. The molecule has 0 spiro atoms. The number of alkyl halides is 2. The van der Waals surface area contributed by atoms with E-state index in [9.17, 15) is 13.6 Å². The molecule has 1 heterocycles. The lowest BCUT2D eigenvalue weighted by atomic mass is 10.2. The van der Waals surface area contributed by atoms with Crippen LogP contribution in [0.3, 0.4) is 0 Å². The highest BCUT2D eigenvalue weighted by atomic mass is 19.3. The van der Waals surface area contributed by atoms with E-state index in [0.29, 0.717) is 12.0 Å². The Hall–Kier alpha value is -2.04. The van der Waals surface area contributed by atoms with Crippen molar-refractivity contribution in [3.63, 3.8) is 0 Å². The molecule has 1 rings (SSSR count). The zero-order valence-electron chi connectivity index (χ0n) is 11.3. The van der Waals surface area contributed by atoms with Crippen molar-refractivity contribution in [3.05, 3.63) is 29.6 Å². The van der Waals surface area contributed by atoms with Gasteiger partial charge in [-0.25, -0.2) is 13.8 Å². The monoisotopic (exact) mass is 298 g/mol. The van der Waals surface area contributed by atoms with Crippen molar-refractivity contribution in [1.29, 1.82) is 0 Å². The molecule has 2 N–H and O–H groups in total. The molecule has 1 aromatic rings. The van der Waals surface area contributed by atoms with E-state index in [0.717, 1.165) is 4.90 Å². The minimum atomic E-state index is -2.68. The van der Waals surface area contributed by atoms with Crippen LogP contribution in [0.1, 0.15) is 22.5 Å². The highest BCUT2D eigenvalue weighted by molar-refractivity contribution is 5.92. The molecule has 0 saturated carbocycles. The Balaban J connectivity index is 2.79. The lowest BCUT2D eigenvalue weighted by molar-refractivity contribution is 0.0504. The van der Waals surface area contributed by atoms with Gasteiger partial charge in [0.1, 0.15) is 5.69 Å². The lowest BCUT2D eigenvalue weighted by Crippen LogP contribution is -2.37. The second-order valence-corrected chi connectivity index (χ2v) is 4.07. The van der Waals surface area contributed by atoms with Crippen molar-refractivity contribution in [2.45, 2.75) is 12.8 Å². The fourth-order valence-corrected chi connectivity index (χ4v) is 1.54. The van der Waals surface area contributed by atoms with Crippen LogP contribution < -0.4 is 0 Å². The van der Waals surface area contributed by atoms with Crippen molar-refractivity contribution < 1.29 is 23.8 Å². The third kappa shape index (κ3) is 5.85. The molecular weight excluding hydrogens is 282 g/mol. The summed E-state index contributed by atoms with van der Waals surface area (Å²) < 4.78 is 24.8. The van der Waals surface area contributed by atoms with Gasteiger partial charge in [0, 0.05) is 24.7 Å². The number of nitrogens with zero attached hydrogens (tertiary/aromatic N) is 2. The summed E-state index contributed by atoms with van der Waals surface area (Å²) >= 11 is 0. The quantitative estimate of drug-likeness (QED) is 0.751. The predicted molar refractivity (Wildman–Crippen MR) is 71.8 cm³/mol. The van der Waals surface area contributed by atoms with E-state index in [1.807, 2.05) is 0 Å². The Morgan fingerprint density at radius 1 is 1.33 bits per heavy atom. The lowest BCUT2D eigenvalue weighted by Gasteiger charge is -2.20. The number of aliphatic hydroxyl groups excluding tert-OH is 2. The highest BCUT2D eigenvalue weighted by Gasteiger charge is 2.20. The molecular formula is C14H16F2N2O3. The Bertz CT molecular complexity index is 509. The number of hydrogen-bond donors (Lipinski definition) is 2. The Morgan fingerprint density at radius 2 is 2.10 bits per heavy atom. The summed E-state index contributed by atoms with van der Waals surface area (Å²) in [6.45, 7) is -1.37. The second kappa shape index (κ2) is 9.00. The van der Waals surface area contributed by atoms with Crippen molar-refractivity contribution in [2.24, 2.45) is 0 Å². The topological polar surface area (TPSA) is 73.7 Å². The number of amides is 1. The molecule has 114 valence electrons. The number of rotatable bonds is 6. The first-order valence-electron chi connectivity index (χ1n) is 6.32. The van der Waals surface area contributed by atoms with E-state index in [1.54, 1.807) is 6.07 Å². The van der Waals surface area contributed by atoms with Crippen molar-refractivity contribution in [2.75, 3.05) is 26.3 Å². The van der Waals surface area contributed by atoms with Crippen molar-refractivity contribution in [3.8, 4) is 11.8 Å². The summed E-state index contributed by atoms with van der Waals surface area (Å²) in [6, 6.07) is 2.94. The first kappa shape index (κ1) is 17.0. The smallest absolute Gasteiger partial charge is 0.272 e. The Labute approximate surface area is 121 Å². The van der Waals surface area contributed by atoms with Crippen LogP contribution in [0.5, 0.6) is 0 Å². The molecule has 0 aromatic carbocycles. The maximum Gasteiger partial charge on any atom is 0.272 e. The summed E-state index contributed by atoms with van der Waals surface area (Å²) in [4.78, 5) is 16.7. The fraction of sp³-hybridized carbons (Fsp3) is 0.429. The third-order valence-electron chi connectivity index (χ3n) is 2.47. The summed E-state index contributed by atoms with van der Waals surface area (Å²) in [5.74, 6) is 4.78. The van der Waals surface area contributed by atoms with E-state index in [1.165, 1.54) is 12.3 Å². The zero-order valence-corrected chi connectivity index (χ0v) is 11.3. The van der Waals surface area contributed by atoms with Gasteiger partial charge in [0.05, 0.1) is 19.8 Å². The van der Waals surface area contributed by atoms with Crippen molar-refractivity contribution in [1.82, 2.24) is 9.88 Å². The van der Waals surface area contributed by atoms with Gasteiger partial charge in [-0.3, -0.25) is 4.79 Å². The van der Waals surface area contributed by atoms with E-state index < -0.39 is 25.5 Å². The fourth-order valence-electron chi connectivity index (χ4n) is 1.54. The maximum absolute atomic E-state index is 12.4. The van der Waals surface area contributed by atoms with Gasteiger partial charge in [0.2, 0.25) is 0 Å².